The summed E-state index contributed by atoms with van der Waals surface area (Å²) in [5, 5.41) is 3.53. The Balaban J connectivity index is 1.64. The van der Waals surface area contributed by atoms with Crippen molar-refractivity contribution < 1.29 is 4.74 Å². The van der Waals surface area contributed by atoms with Crippen LogP contribution in [-0.2, 0) is 4.74 Å². The van der Waals surface area contributed by atoms with Crippen molar-refractivity contribution in [2.45, 2.75) is 50.2 Å². The molecule has 2 heterocycles. The van der Waals surface area contributed by atoms with Gasteiger partial charge in [0.1, 0.15) is 0 Å². The molecular formula is C17H31N3OS. The predicted octanol–water partition coefficient (Wildman–Crippen LogP) is 2.74. The van der Waals surface area contributed by atoms with E-state index >= 15 is 0 Å². The number of guanidine groups is 1. The molecule has 0 aromatic heterocycles. The van der Waals surface area contributed by atoms with E-state index in [1.807, 2.05) is 11.8 Å². The summed E-state index contributed by atoms with van der Waals surface area (Å²) in [6.45, 7) is 8.22. The van der Waals surface area contributed by atoms with Crippen LogP contribution in [0.3, 0.4) is 0 Å². The zero-order valence-corrected chi connectivity index (χ0v) is 15.0. The normalized spacial score (nSPS) is 27.0. The molecule has 3 fully saturated rings. The maximum Gasteiger partial charge on any atom is 0.193 e. The molecule has 1 saturated carbocycles. The number of thioether (sulfide) groups is 1. The van der Waals surface area contributed by atoms with Crippen molar-refractivity contribution in [3.05, 3.63) is 0 Å². The number of likely N-dealkylation sites (tertiary alicyclic amines) is 1. The Labute approximate surface area is 139 Å². The Bertz CT molecular complexity index is 403. The van der Waals surface area contributed by atoms with Crippen molar-refractivity contribution >= 4 is 17.7 Å². The molecule has 2 saturated heterocycles. The van der Waals surface area contributed by atoms with Crippen LogP contribution in [0.5, 0.6) is 0 Å². The van der Waals surface area contributed by atoms with E-state index in [0.29, 0.717) is 5.41 Å². The predicted molar refractivity (Wildman–Crippen MR) is 94.8 cm³/mol. The van der Waals surface area contributed by atoms with Gasteiger partial charge in [-0.3, -0.25) is 4.99 Å². The van der Waals surface area contributed by atoms with Gasteiger partial charge in [-0.2, -0.15) is 11.8 Å². The highest BCUT2D eigenvalue weighted by molar-refractivity contribution is 8.00. The molecule has 0 atom stereocenters. The first-order chi connectivity index (χ1) is 10.7. The van der Waals surface area contributed by atoms with Crippen LogP contribution in [-0.4, -0.2) is 61.3 Å². The summed E-state index contributed by atoms with van der Waals surface area (Å²) >= 11 is 1.98. The van der Waals surface area contributed by atoms with Crippen LogP contribution in [0.25, 0.3) is 0 Å². The van der Waals surface area contributed by atoms with Crippen LogP contribution in [0.15, 0.2) is 4.99 Å². The van der Waals surface area contributed by atoms with Crippen LogP contribution in [0.4, 0.5) is 0 Å². The zero-order valence-electron chi connectivity index (χ0n) is 14.2. The van der Waals surface area contributed by atoms with Gasteiger partial charge in [0.05, 0.1) is 6.54 Å². The molecule has 1 aliphatic carbocycles. The molecule has 0 amide bonds. The summed E-state index contributed by atoms with van der Waals surface area (Å²) in [5.41, 5.74) is 0.631. The smallest absolute Gasteiger partial charge is 0.193 e. The minimum Gasteiger partial charge on any atom is -0.381 e. The monoisotopic (exact) mass is 325 g/mol. The SMILES string of the molecule is CCNC(=NCC1(SC)CCOCC1)N1CCC2(CCC2)C1. The average molecular weight is 326 g/mol. The molecule has 5 heteroatoms. The summed E-state index contributed by atoms with van der Waals surface area (Å²) in [7, 11) is 0. The van der Waals surface area contributed by atoms with Crippen LogP contribution >= 0.6 is 11.8 Å². The lowest BCUT2D eigenvalue weighted by Gasteiger charge is -2.38. The number of ether oxygens (including phenoxy) is 1. The van der Waals surface area contributed by atoms with Gasteiger partial charge in [-0.15, -0.1) is 0 Å². The topological polar surface area (TPSA) is 36.9 Å². The first-order valence-corrected chi connectivity index (χ1v) is 10.1. The minimum absolute atomic E-state index is 0.285. The summed E-state index contributed by atoms with van der Waals surface area (Å²) < 4.78 is 5.83. The van der Waals surface area contributed by atoms with Gasteiger partial charge in [-0.25, -0.2) is 0 Å². The lowest BCUT2D eigenvalue weighted by molar-refractivity contribution is 0.0793. The average Bonchev–Trinajstić information content (AvgIpc) is 2.98. The second-order valence-electron chi connectivity index (χ2n) is 7.19. The molecule has 0 aromatic carbocycles. The van der Waals surface area contributed by atoms with Gasteiger partial charge in [0.2, 0.25) is 0 Å². The molecule has 0 unspecified atom stereocenters. The number of nitrogens with zero attached hydrogens (tertiary/aromatic N) is 2. The van der Waals surface area contributed by atoms with E-state index in [9.17, 15) is 0 Å². The van der Waals surface area contributed by atoms with Crippen LogP contribution in [0, 0.1) is 5.41 Å². The number of rotatable bonds is 4. The highest BCUT2D eigenvalue weighted by atomic mass is 32.2. The number of hydrogen-bond donors (Lipinski definition) is 1. The van der Waals surface area contributed by atoms with Gasteiger partial charge in [0, 0.05) is 37.6 Å². The van der Waals surface area contributed by atoms with Gasteiger partial charge >= 0.3 is 0 Å². The van der Waals surface area contributed by atoms with Crippen molar-refractivity contribution in [1.82, 2.24) is 10.2 Å². The summed E-state index contributed by atoms with van der Waals surface area (Å²) in [6.07, 6.45) is 10.1. The van der Waals surface area contributed by atoms with Gasteiger partial charge in [-0.1, -0.05) is 6.42 Å². The Morgan fingerprint density at radius 3 is 2.55 bits per heavy atom. The first-order valence-electron chi connectivity index (χ1n) is 8.87. The lowest BCUT2D eigenvalue weighted by atomic mass is 9.68. The quantitative estimate of drug-likeness (QED) is 0.637. The number of nitrogens with one attached hydrogen (secondary N) is 1. The van der Waals surface area contributed by atoms with E-state index in [2.05, 4.69) is 23.4 Å². The Morgan fingerprint density at radius 2 is 2.00 bits per heavy atom. The largest absolute Gasteiger partial charge is 0.381 e. The minimum atomic E-state index is 0.285. The van der Waals surface area contributed by atoms with Gasteiger partial charge in [0.15, 0.2) is 5.96 Å². The molecule has 4 nitrogen and oxygen atoms in total. The molecule has 0 aromatic rings. The van der Waals surface area contributed by atoms with E-state index < -0.39 is 0 Å². The van der Waals surface area contributed by atoms with E-state index in [0.717, 1.165) is 45.1 Å². The fourth-order valence-corrected chi connectivity index (χ4v) is 4.78. The van der Waals surface area contributed by atoms with E-state index in [4.69, 9.17) is 9.73 Å². The Hall–Kier alpha value is -0.420. The van der Waals surface area contributed by atoms with Crippen molar-refractivity contribution in [3.63, 3.8) is 0 Å². The molecule has 0 radical (unpaired) electrons. The number of aliphatic imine (C=N–C) groups is 1. The number of hydrogen-bond acceptors (Lipinski definition) is 3. The summed E-state index contributed by atoms with van der Waals surface area (Å²) in [4.78, 5) is 7.55. The Morgan fingerprint density at radius 1 is 1.23 bits per heavy atom. The van der Waals surface area contributed by atoms with E-state index in [1.54, 1.807) is 0 Å². The fraction of sp³-hybridized carbons (Fsp3) is 0.941. The molecule has 2 aliphatic heterocycles. The van der Waals surface area contributed by atoms with Crippen LogP contribution in [0.1, 0.15) is 45.4 Å². The second-order valence-corrected chi connectivity index (χ2v) is 8.47. The molecule has 22 heavy (non-hydrogen) atoms. The third-order valence-corrected chi connectivity index (χ3v) is 7.24. The molecule has 3 rings (SSSR count). The summed E-state index contributed by atoms with van der Waals surface area (Å²) in [6, 6.07) is 0. The van der Waals surface area contributed by atoms with E-state index in [-0.39, 0.29) is 4.75 Å². The van der Waals surface area contributed by atoms with Crippen LogP contribution < -0.4 is 5.32 Å². The molecular weight excluding hydrogens is 294 g/mol. The van der Waals surface area contributed by atoms with Crippen molar-refractivity contribution in [2.24, 2.45) is 10.4 Å². The maximum absolute atomic E-state index is 5.54. The molecule has 0 bridgehead atoms. The first kappa shape index (κ1) is 16.4. The third-order valence-electron chi connectivity index (χ3n) is 5.84. The molecule has 126 valence electrons. The standard InChI is InChI=1S/C17H31N3OS/c1-3-18-15(20-10-7-16(14-20)5-4-6-16)19-13-17(22-2)8-11-21-12-9-17/h3-14H2,1-2H3,(H,18,19). The van der Waals surface area contributed by atoms with Crippen molar-refractivity contribution in [3.8, 4) is 0 Å². The van der Waals surface area contributed by atoms with E-state index in [1.165, 1.54) is 38.8 Å². The molecule has 3 aliphatic rings. The van der Waals surface area contributed by atoms with Crippen LogP contribution in [0.2, 0.25) is 0 Å². The zero-order chi connectivity index (χ0) is 15.5. The second kappa shape index (κ2) is 7.00. The lowest BCUT2D eigenvalue weighted by Crippen LogP contribution is -2.44. The maximum atomic E-state index is 5.54. The van der Waals surface area contributed by atoms with Crippen molar-refractivity contribution in [2.75, 3.05) is 45.6 Å². The van der Waals surface area contributed by atoms with Crippen molar-refractivity contribution in [1.29, 1.82) is 0 Å². The van der Waals surface area contributed by atoms with Gasteiger partial charge in [-0.05, 0) is 50.7 Å². The van der Waals surface area contributed by atoms with Gasteiger partial charge < -0.3 is 15.0 Å². The Kier molecular flexibility index (Phi) is 5.23. The highest BCUT2D eigenvalue weighted by Gasteiger charge is 2.43. The van der Waals surface area contributed by atoms with Gasteiger partial charge in [0.25, 0.3) is 0 Å². The summed E-state index contributed by atoms with van der Waals surface area (Å²) in [5.74, 6) is 1.14. The molecule has 1 N–H and O–H groups in total. The molecule has 1 spiro atoms. The highest BCUT2D eigenvalue weighted by Crippen LogP contribution is 2.48. The third kappa shape index (κ3) is 3.40. The fourth-order valence-electron chi connectivity index (χ4n) is 4.02.